The molecule has 1 rings (SSSR count). The zero-order valence-electron chi connectivity index (χ0n) is 23.7. The van der Waals surface area contributed by atoms with Crippen molar-refractivity contribution < 1.29 is 23.9 Å². The molecule has 0 bridgehead atoms. The molecule has 12 heteroatoms. The predicted molar refractivity (Wildman–Crippen MR) is 151 cm³/mol. The van der Waals surface area contributed by atoms with Crippen molar-refractivity contribution in [1.82, 2.24) is 21.4 Å². The van der Waals surface area contributed by atoms with Crippen LogP contribution in [0.5, 0.6) is 0 Å². The zero-order chi connectivity index (χ0) is 29.4. The van der Waals surface area contributed by atoms with Crippen LogP contribution in [0.4, 0.5) is 9.59 Å². The van der Waals surface area contributed by atoms with E-state index in [1.165, 1.54) is 6.21 Å². The zero-order valence-corrected chi connectivity index (χ0v) is 23.7. The van der Waals surface area contributed by atoms with Crippen molar-refractivity contribution in [3.8, 4) is 0 Å². The van der Waals surface area contributed by atoms with Crippen LogP contribution in [0.1, 0.15) is 65.9 Å². The largest absolute Gasteiger partial charge is 0.444 e. The lowest BCUT2D eigenvalue weighted by molar-refractivity contribution is -0.130. The summed E-state index contributed by atoms with van der Waals surface area (Å²) in [5.41, 5.74) is 13.5. The van der Waals surface area contributed by atoms with Gasteiger partial charge in [0.05, 0.1) is 12.1 Å². The summed E-state index contributed by atoms with van der Waals surface area (Å²) in [4.78, 5) is 48.9. The van der Waals surface area contributed by atoms with Crippen LogP contribution in [0.25, 0.3) is 0 Å². The SMILES string of the molecule is CC(C)C[C@H](N)C(=O)N[C@@H](Cc1ccccc1)C(=O)N[C@H](/C=N/NC(N)=O)CCCCNC(=O)OC(C)(C)C. The van der Waals surface area contributed by atoms with Crippen LogP contribution in [0, 0.1) is 5.92 Å². The molecule has 0 saturated carbocycles. The van der Waals surface area contributed by atoms with Crippen molar-refractivity contribution in [2.75, 3.05) is 6.54 Å². The van der Waals surface area contributed by atoms with E-state index in [2.05, 4.69) is 26.5 Å². The van der Waals surface area contributed by atoms with Crippen LogP contribution in [0.15, 0.2) is 35.4 Å². The third kappa shape index (κ3) is 16.0. The van der Waals surface area contributed by atoms with Gasteiger partial charge in [-0.1, -0.05) is 44.2 Å². The first kappa shape index (κ1) is 33.4. The number of nitrogens with zero attached hydrogens (tertiary/aromatic N) is 1. The van der Waals surface area contributed by atoms with Gasteiger partial charge in [-0.3, -0.25) is 9.59 Å². The van der Waals surface area contributed by atoms with Crippen LogP contribution >= 0.6 is 0 Å². The van der Waals surface area contributed by atoms with Crippen molar-refractivity contribution in [1.29, 1.82) is 0 Å². The Labute approximate surface area is 231 Å². The second-order valence-corrected chi connectivity index (χ2v) is 10.8. The number of alkyl carbamates (subject to hydrolysis) is 1. The lowest BCUT2D eigenvalue weighted by atomic mass is 10.0. The maximum Gasteiger partial charge on any atom is 0.407 e. The molecule has 0 saturated heterocycles. The normalized spacial score (nSPS) is 13.8. The third-order valence-corrected chi connectivity index (χ3v) is 5.34. The number of hydrogen-bond donors (Lipinski definition) is 6. The average Bonchev–Trinajstić information content (AvgIpc) is 2.82. The Morgan fingerprint density at radius 3 is 2.28 bits per heavy atom. The number of hydrazone groups is 1. The van der Waals surface area contributed by atoms with Gasteiger partial charge in [-0.2, -0.15) is 5.10 Å². The van der Waals surface area contributed by atoms with E-state index in [9.17, 15) is 19.2 Å². The molecule has 1 aromatic rings. The van der Waals surface area contributed by atoms with E-state index in [-0.39, 0.29) is 12.3 Å². The summed E-state index contributed by atoms with van der Waals surface area (Å²) in [7, 11) is 0. The number of unbranched alkanes of at least 4 members (excludes halogenated alkanes) is 1. The summed E-state index contributed by atoms with van der Waals surface area (Å²) in [6.07, 6.45) is 3.28. The Balaban J connectivity index is 2.86. The van der Waals surface area contributed by atoms with E-state index in [1.54, 1.807) is 20.8 Å². The summed E-state index contributed by atoms with van der Waals surface area (Å²) < 4.78 is 5.21. The Morgan fingerprint density at radius 1 is 1.03 bits per heavy atom. The van der Waals surface area contributed by atoms with E-state index in [4.69, 9.17) is 16.2 Å². The van der Waals surface area contributed by atoms with Crippen LogP contribution < -0.4 is 32.8 Å². The number of benzene rings is 1. The minimum absolute atomic E-state index is 0.218. The number of hydrogen-bond acceptors (Lipinski definition) is 7. The number of rotatable bonds is 15. The van der Waals surface area contributed by atoms with Crippen LogP contribution in [0.3, 0.4) is 0 Å². The van der Waals surface area contributed by atoms with Gasteiger partial charge >= 0.3 is 12.1 Å². The van der Waals surface area contributed by atoms with Gasteiger partial charge in [0.15, 0.2) is 0 Å². The number of nitrogens with one attached hydrogen (secondary N) is 4. The number of carbonyl (C=O) groups is 4. The minimum Gasteiger partial charge on any atom is -0.444 e. The third-order valence-electron chi connectivity index (χ3n) is 5.34. The highest BCUT2D eigenvalue weighted by atomic mass is 16.6. The summed E-state index contributed by atoms with van der Waals surface area (Å²) in [5.74, 6) is -0.615. The van der Waals surface area contributed by atoms with Gasteiger partial charge in [0.25, 0.3) is 0 Å². The second-order valence-electron chi connectivity index (χ2n) is 10.8. The molecule has 0 aliphatic rings. The van der Waals surface area contributed by atoms with Crippen LogP contribution in [0.2, 0.25) is 0 Å². The first-order valence-corrected chi connectivity index (χ1v) is 13.2. The molecule has 0 fully saturated rings. The topological polar surface area (TPSA) is 190 Å². The number of ether oxygens (including phenoxy) is 1. The molecular weight excluding hydrogens is 502 g/mol. The first-order valence-electron chi connectivity index (χ1n) is 13.2. The number of primary amides is 1. The van der Waals surface area contributed by atoms with E-state index >= 15 is 0 Å². The second kappa shape index (κ2) is 17.0. The molecule has 0 aliphatic heterocycles. The summed E-state index contributed by atoms with van der Waals surface area (Å²) in [6, 6.07) is 6.27. The van der Waals surface area contributed by atoms with Gasteiger partial charge < -0.3 is 32.2 Å². The molecule has 0 radical (unpaired) electrons. The van der Waals surface area contributed by atoms with Gasteiger partial charge in [0.2, 0.25) is 11.8 Å². The number of nitrogens with two attached hydrogens (primary N) is 2. The summed E-state index contributed by atoms with van der Waals surface area (Å²) in [6.45, 7) is 9.66. The Hall–Kier alpha value is -3.67. The molecule has 39 heavy (non-hydrogen) atoms. The lowest BCUT2D eigenvalue weighted by Gasteiger charge is -2.24. The van der Waals surface area contributed by atoms with Gasteiger partial charge in [-0.15, -0.1) is 0 Å². The fourth-order valence-electron chi connectivity index (χ4n) is 3.60. The first-order chi connectivity index (χ1) is 18.3. The molecule has 3 atom stereocenters. The fraction of sp³-hybridized carbons (Fsp3) is 0.593. The molecule has 0 unspecified atom stereocenters. The standard InChI is InChI=1S/C27H45N7O5/c1-18(2)15-21(28)23(35)33-22(16-19-11-7-6-8-12-19)24(36)32-20(17-31-34-25(29)37)13-9-10-14-30-26(38)39-27(3,4)5/h6-8,11-12,17-18,20-22H,9-10,13-16,28H2,1-5H3,(H,30,38)(H,32,36)(H,33,35)(H3,29,34,37)/b31-17+/t20-,21-,22-/m0/s1. The van der Waals surface area contributed by atoms with Crippen molar-refractivity contribution in [2.45, 2.75) is 90.4 Å². The molecule has 1 aromatic carbocycles. The molecule has 12 nitrogen and oxygen atoms in total. The molecule has 5 amide bonds. The Bertz CT molecular complexity index is 948. The molecular formula is C27H45N7O5. The lowest BCUT2D eigenvalue weighted by Crippen LogP contribution is -2.54. The maximum atomic E-state index is 13.3. The highest BCUT2D eigenvalue weighted by molar-refractivity contribution is 5.91. The van der Waals surface area contributed by atoms with Crippen molar-refractivity contribution >= 4 is 30.2 Å². The van der Waals surface area contributed by atoms with Crippen LogP contribution in [-0.2, 0) is 20.7 Å². The van der Waals surface area contributed by atoms with Gasteiger partial charge in [-0.25, -0.2) is 15.0 Å². The number of carbonyl (C=O) groups excluding carboxylic acids is 4. The number of urea groups is 1. The highest BCUT2D eigenvalue weighted by Crippen LogP contribution is 2.09. The van der Waals surface area contributed by atoms with Gasteiger partial charge in [0, 0.05) is 19.2 Å². The van der Waals surface area contributed by atoms with Crippen LogP contribution in [-0.4, -0.2) is 60.4 Å². The molecule has 0 heterocycles. The summed E-state index contributed by atoms with van der Waals surface area (Å²) in [5, 5.41) is 12.1. The average molecular weight is 548 g/mol. The minimum atomic E-state index is -0.882. The molecule has 0 spiro atoms. The summed E-state index contributed by atoms with van der Waals surface area (Å²) >= 11 is 0. The van der Waals surface area contributed by atoms with E-state index in [1.807, 2.05) is 44.2 Å². The quantitative estimate of drug-likeness (QED) is 0.110. The van der Waals surface area contributed by atoms with Gasteiger partial charge in [-0.05, 0) is 57.9 Å². The van der Waals surface area contributed by atoms with E-state index < -0.39 is 47.7 Å². The fourth-order valence-corrected chi connectivity index (χ4v) is 3.60. The van der Waals surface area contributed by atoms with E-state index in [0.29, 0.717) is 32.2 Å². The maximum absolute atomic E-state index is 13.3. The highest BCUT2D eigenvalue weighted by Gasteiger charge is 2.26. The van der Waals surface area contributed by atoms with Crippen molar-refractivity contribution in [3.05, 3.63) is 35.9 Å². The monoisotopic (exact) mass is 547 g/mol. The number of amides is 5. The predicted octanol–water partition coefficient (Wildman–Crippen LogP) is 1.92. The van der Waals surface area contributed by atoms with E-state index in [0.717, 1.165) is 5.56 Å². The molecule has 8 N–H and O–H groups in total. The molecule has 0 aromatic heterocycles. The van der Waals surface area contributed by atoms with Crippen molar-refractivity contribution in [3.63, 3.8) is 0 Å². The molecule has 0 aliphatic carbocycles. The smallest absolute Gasteiger partial charge is 0.407 e. The Morgan fingerprint density at radius 2 is 1.69 bits per heavy atom. The Kier molecular flexibility index (Phi) is 14.6. The molecule has 218 valence electrons. The van der Waals surface area contributed by atoms with Gasteiger partial charge in [0.1, 0.15) is 11.6 Å². The van der Waals surface area contributed by atoms with Crippen molar-refractivity contribution in [2.24, 2.45) is 22.5 Å².